The van der Waals surface area contributed by atoms with Crippen LogP contribution in [0.5, 0.6) is 0 Å². The van der Waals surface area contributed by atoms with Gasteiger partial charge in [0.15, 0.2) is 0 Å². The monoisotopic (exact) mass is 390 g/mol. The number of hydrogen-bond acceptors (Lipinski definition) is 9. The zero-order valence-electron chi connectivity index (χ0n) is 15.8. The summed E-state index contributed by atoms with van der Waals surface area (Å²) in [4.78, 5) is 33.8. The van der Waals surface area contributed by atoms with Gasteiger partial charge >= 0.3 is 5.97 Å². The minimum absolute atomic E-state index is 0.109. The maximum absolute atomic E-state index is 11.9. The van der Waals surface area contributed by atoms with Gasteiger partial charge in [0.1, 0.15) is 5.78 Å². The summed E-state index contributed by atoms with van der Waals surface area (Å²) in [6.07, 6.45) is -1.80. The highest BCUT2D eigenvalue weighted by Gasteiger charge is 2.74. The second-order valence-corrected chi connectivity index (χ2v) is 7.50. The molecule has 4 atom stereocenters. The standard InChI is InChI=1S/C18H30O9/c1-11(19)27-8-7-13(21)4-3-12(20)5-6-14(22)9-15(23)10-17(2)16(24)18(17,25)26/h12-14,20-22,25-26H,3-10H2,1-2H3. The molecule has 156 valence electrons. The molecule has 0 aliphatic heterocycles. The lowest BCUT2D eigenvalue weighted by atomic mass is 9.95. The number of carbonyl (C=O) groups excluding carboxylic acids is 3. The molecule has 0 radical (unpaired) electrons. The van der Waals surface area contributed by atoms with Crippen molar-refractivity contribution in [1.82, 2.24) is 0 Å². The van der Waals surface area contributed by atoms with Gasteiger partial charge in [-0.2, -0.15) is 0 Å². The Balaban J connectivity index is 2.18. The highest BCUT2D eigenvalue weighted by atomic mass is 16.5. The fraction of sp³-hybridized carbons (Fsp3) is 0.833. The van der Waals surface area contributed by atoms with E-state index in [-0.39, 0.29) is 38.7 Å². The maximum atomic E-state index is 11.9. The minimum Gasteiger partial charge on any atom is -0.466 e. The molecule has 4 unspecified atom stereocenters. The third-order valence-corrected chi connectivity index (χ3v) is 4.96. The van der Waals surface area contributed by atoms with Crippen LogP contribution in [0.4, 0.5) is 0 Å². The molecule has 0 amide bonds. The van der Waals surface area contributed by atoms with E-state index in [1.165, 1.54) is 13.8 Å². The van der Waals surface area contributed by atoms with Crippen LogP contribution in [0.15, 0.2) is 0 Å². The van der Waals surface area contributed by atoms with Crippen molar-refractivity contribution in [2.24, 2.45) is 5.41 Å². The molecule has 1 fully saturated rings. The topological polar surface area (TPSA) is 162 Å². The van der Waals surface area contributed by atoms with E-state index in [1.54, 1.807) is 0 Å². The average Bonchev–Trinajstić information content (AvgIpc) is 2.93. The van der Waals surface area contributed by atoms with Gasteiger partial charge in [-0.1, -0.05) is 0 Å². The van der Waals surface area contributed by atoms with Crippen LogP contribution in [0.3, 0.4) is 0 Å². The normalized spacial score (nSPS) is 24.2. The number of aliphatic hydroxyl groups excluding tert-OH is 3. The first-order valence-electron chi connectivity index (χ1n) is 9.09. The Morgan fingerprint density at radius 3 is 1.85 bits per heavy atom. The molecule has 1 saturated carbocycles. The van der Waals surface area contributed by atoms with Gasteiger partial charge in [0.25, 0.3) is 0 Å². The Hall–Kier alpha value is -1.39. The molecule has 0 saturated heterocycles. The van der Waals surface area contributed by atoms with Gasteiger partial charge in [0, 0.05) is 26.2 Å². The van der Waals surface area contributed by atoms with Crippen LogP contribution in [-0.4, -0.2) is 73.8 Å². The van der Waals surface area contributed by atoms with E-state index in [0.29, 0.717) is 12.8 Å². The van der Waals surface area contributed by atoms with E-state index in [4.69, 9.17) is 4.74 Å². The lowest BCUT2D eigenvalue weighted by molar-refractivity contribution is -0.141. The largest absolute Gasteiger partial charge is 0.466 e. The van der Waals surface area contributed by atoms with Crippen LogP contribution < -0.4 is 0 Å². The first kappa shape index (κ1) is 23.6. The molecular formula is C18H30O9. The zero-order valence-corrected chi connectivity index (χ0v) is 15.8. The van der Waals surface area contributed by atoms with E-state index < -0.39 is 47.0 Å². The summed E-state index contributed by atoms with van der Waals surface area (Å²) in [5, 5.41) is 48.3. The molecule has 0 aromatic heterocycles. The molecule has 0 heterocycles. The first-order valence-corrected chi connectivity index (χ1v) is 9.09. The molecule has 1 aliphatic rings. The van der Waals surface area contributed by atoms with Crippen molar-refractivity contribution < 1.29 is 44.7 Å². The number of rotatable bonds is 13. The summed E-state index contributed by atoms with van der Waals surface area (Å²) in [5.74, 6) is -4.16. The SMILES string of the molecule is CC(=O)OCCC(O)CCC(O)CCC(O)CC(=O)CC1(C)C(=O)C1(O)O. The van der Waals surface area contributed by atoms with Crippen LogP contribution in [0, 0.1) is 5.41 Å². The smallest absolute Gasteiger partial charge is 0.302 e. The van der Waals surface area contributed by atoms with Crippen molar-refractivity contribution in [2.75, 3.05) is 6.61 Å². The highest BCUT2D eigenvalue weighted by Crippen LogP contribution is 2.52. The van der Waals surface area contributed by atoms with Crippen LogP contribution in [0.1, 0.15) is 58.8 Å². The van der Waals surface area contributed by atoms with Gasteiger partial charge in [-0.25, -0.2) is 0 Å². The number of ether oxygens (including phenoxy) is 1. The Labute approximate surface area is 158 Å². The van der Waals surface area contributed by atoms with Crippen LogP contribution >= 0.6 is 0 Å². The van der Waals surface area contributed by atoms with E-state index in [0.717, 1.165) is 0 Å². The van der Waals surface area contributed by atoms with Crippen LogP contribution in [0.25, 0.3) is 0 Å². The zero-order chi connectivity index (χ0) is 20.8. The number of ketones is 2. The van der Waals surface area contributed by atoms with Gasteiger partial charge in [-0.15, -0.1) is 0 Å². The van der Waals surface area contributed by atoms with Gasteiger partial charge in [-0.05, 0) is 32.6 Å². The molecule has 0 bridgehead atoms. The first-order chi connectivity index (χ1) is 12.4. The van der Waals surface area contributed by atoms with Gasteiger partial charge < -0.3 is 30.3 Å². The number of Topliss-reactive ketones (excluding diaryl/α,β-unsaturated/α-hetero) is 2. The molecule has 27 heavy (non-hydrogen) atoms. The summed E-state index contributed by atoms with van der Waals surface area (Å²) in [5.41, 5.74) is -1.51. The van der Waals surface area contributed by atoms with Crippen molar-refractivity contribution in [2.45, 2.75) is 82.9 Å². The molecular weight excluding hydrogens is 360 g/mol. The van der Waals surface area contributed by atoms with Gasteiger partial charge in [-0.3, -0.25) is 14.4 Å². The summed E-state index contributed by atoms with van der Waals surface area (Å²) < 4.78 is 4.71. The minimum atomic E-state index is -2.47. The number of hydrogen-bond donors (Lipinski definition) is 5. The second kappa shape index (κ2) is 9.70. The third kappa shape index (κ3) is 6.93. The van der Waals surface area contributed by atoms with Crippen molar-refractivity contribution in [3.63, 3.8) is 0 Å². The Morgan fingerprint density at radius 2 is 1.41 bits per heavy atom. The second-order valence-electron chi connectivity index (χ2n) is 7.50. The molecule has 1 rings (SSSR count). The van der Waals surface area contributed by atoms with Crippen molar-refractivity contribution >= 4 is 17.5 Å². The summed E-state index contributed by atoms with van der Waals surface area (Å²) in [7, 11) is 0. The van der Waals surface area contributed by atoms with E-state index in [9.17, 15) is 39.9 Å². The van der Waals surface area contributed by atoms with Crippen LogP contribution in [-0.2, 0) is 19.1 Å². The highest BCUT2D eigenvalue weighted by molar-refractivity contribution is 6.11. The van der Waals surface area contributed by atoms with Crippen molar-refractivity contribution in [1.29, 1.82) is 0 Å². The Morgan fingerprint density at radius 1 is 0.963 bits per heavy atom. The molecule has 1 aliphatic carbocycles. The lowest BCUT2D eigenvalue weighted by Crippen LogP contribution is -2.23. The van der Waals surface area contributed by atoms with Crippen molar-refractivity contribution in [3.05, 3.63) is 0 Å². The number of aliphatic hydroxyl groups is 5. The Kier molecular flexibility index (Phi) is 8.49. The molecule has 0 aromatic rings. The predicted molar refractivity (Wildman–Crippen MR) is 92.3 cm³/mol. The summed E-state index contributed by atoms with van der Waals surface area (Å²) in [6, 6.07) is 0. The van der Waals surface area contributed by atoms with E-state index >= 15 is 0 Å². The van der Waals surface area contributed by atoms with Crippen molar-refractivity contribution in [3.8, 4) is 0 Å². The molecule has 0 aromatic carbocycles. The van der Waals surface area contributed by atoms with E-state index in [1.807, 2.05) is 0 Å². The maximum Gasteiger partial charge on any atom is 0.302 e. The molecule has 9 nitrogen and oxygen atoms in total. The quantitative estimate of drug-likeness (QED) is 0.200. The molecule has 9 heteroatoms. The van der Waals surface area contributed by atoms with Gasteiger partial charge in [0.05, 0.1) is 30.3 Å². The number of esters is 1. The molecule has 5 N–H and O–H groups in total. The summed E-state index contributed by atoms with van der Waals surface area (Å²) in [6.45, 7) is 2.67. The fourth-order valence-electron chi connectivity index (χ4n) is 2.94. The van der Waals surface area contributed by atoms with E-state index in [2.05, 4.69) is 0 Å². The average molecular weight is 390 g/mol. The third-order valence-electron chi connectivity index (χ3n) is 4.96. The summed E-state index contributed by atoms with van der Waals surface area (Å²) >= 11 is 0. The number of carbonyl (C=O) groups is 3. The van der Waals surface area contributed by atoms with Crippen LogP contribution in [0.2, 0.25) is 0 Å². The predicted octanol–water partition coefficient (Wildman–Crippen LogP) is -0.798. The van der Waals surface area contributed by atoms with Gasteiger partial charge in [0.2, 0.25) is 11.6 Å². The Bertz CT molecular complexity index is 545. The lowest BCUT2D eigenvalue weighted by Gasteiger charge is -2.16. The molecule has 0 spiro atoms. The fourth-order valence-corrected chi connectivity index (χ4v) is 2.94.